The lowest BCUT2D eigenvalue weighted by Crippen LogP contribution is -2.45. The van der Waals surface area contributed by atoms with Crippen LogP contribution in [-0.4, -0.2) is 41.5 Å². The molecule has 4 heteroatoms. The summed E-state index contributed by atoms with van der Waals surface area (Å²) in [6.07, 6.45) is 6.69. The molecule has 0 aliphatic carbocycles. The van der Waals surface area contributed by atoms with Crippen molar-refractivity contribution in [1.82, 2.24) is 15.2 Å². The average molecular weight is 261 g/mol. The van der Waals surface area contributed by atoms with Crippen molar-refractivity contribution >= 4 is 5.91 Å². The van der Waals surface area contributed by atoms with Gasteiger partial charge in [-0.3, -0.25) is 9.78 Å². The molecule has 1 fully saturated rings. The molecule has 1 aliphatic heterocycles. The van der Waals surface area contributed by atoms with Gasteiger partial charge in [0, 0.05) is 31.5 Å². The Morgan fingerprint density at radius 2 is 2.16 bits per heavy atom. The van der Waals surface area contributed by atoms with Crippen molar-refractivity contribution in [2.24, 2.45) is 0 Å². The van der Waals surface area contributed by atoms with E-state index >= 15 is 0 Å². The molecular formula is C15H23N3O. The maximum absolute atomic E-state index is 12.3. The lowest BCUT2D eigenvalue weighted by molar-refractivity contribution is 0.0705. The number of rotatable bonds is 4. The topological polar surface area (TPSA) is 45.2 Å². The minimum Gasteiger partial charge on any atom is -0.338 e. The summed E-state index contributed by atoms with van der Waals surface area (Å²) in [7, 11) is 0. The molecule has 0 spiro atoms. The Labute approximate surface area is 115 Å². The Morgan fingerprint density at radius 1 is 1.42 bits per heavy atom. The summed E-state index contributed by atoms with van der Waals surface area (Å²) >= 11 is 0. The van der Waals surface area contributed by atoms with E-state index < -0.39 is 0 Å². The third-order valence-electron chi connectivity index (χ3n) is 3.59. The van der Waals surface area contributed by atoms with E-state index in [1.54, 1.807) is 12.4 Å². The predicted octanol–water partition coefficient (Wildman–Crippen LogP) is 1.99. The maximum atomic E-state index is 12.3. The fourth-order valence-corrected chi connectivity index (χ4v) is 2.49. The van der Waals surface area contributed by atoms with Crippen molar-refractivity contribution < 1.29 is 4.79 Å². The molecule has 0 bridgehead atoms. The first-order chi connectivity index (χ1) is 9.20. The zero-order valence-electron chi connectivity index (χ0n) is 11.9. The molecule has 2 heterocycles. The molecule has 0 saturated carbocycles. The van der Waals surface area contributed by atoms with Crippen LogP contribution in [0.1, 0.15) is 42.1 Å². The number of nitrogens with zero attached hydrogens (tertiary/aromatic N) is 2. The molecule has 0 atom stereocenters. The standard InChI is InChI=1S/C15H23N3O/c1-3-6-17-14-4-7-18(8-5-14)15(19)13-9-12(2)10-16-11-13/h9-11,14,17H,3-8H2,1-2H3. The molecule has 0 aromatic carbocycles. The highest BCUT2D eigenvalue weighted by Gasteiger charge is 2.23. The zero-order chi connectivity index (χ0) is 13.7. The number of hydrogen-bond donors (Lipinski definition) is 1. The van der Waals surface area contributed by atoms with Crippen LogP contribution in [0, 0.1) is 6.92 Å². The molecule has 1 aromatic heterocycles. The summed E-state index contributed by atoms with van der Waals surface area (Å²) in [6, 6.07) is 2.48. The lowest BCUT2D eigenvalue weighted by atomic mass is 10.0. The van der Waals surface area contributed by atoms with Gasteiger partial charge in [0.05, 0.1) is 5.56 Å². The van der Waals surface area contributed by atoms with Crippen LogP contribution in [0.15, 0.2) is 18.5 Å². The van der Waals surface area contributed by atoms with E-state index in [9.17, 15) is 4.79 Å². The zero-order valence-corrected chi connectivity index (χ0v) is 11.9. The number of hydrogen-bond acceptors (Lipinski definition) is 3. The largest absolute Gasteiger partial charge is 0.338 e. The van der Waals surface area contributed by atoms with E-state index in [-0.39, 0.29) is 5.91 Å². The van der Waals surface area contributed by atoms with Crippen LogP contribution in [0.3, 0.4) is 0 Å². The monoisotopic (exact) mass is 261 g/mol. The number of pyridine rings is 1. The van der Waals surface area contributed by atoms with E-state index in [0.29, 0.717) is 11.6 Å². The van der Waals surface area contributed by atoms with Crippen LogP contribution in [0.2, 0.25) is 0 Å². The van der Waals surface area contributed by atoms with Crippen LogP contribution in [-0.2, 0) is 0 Å². The smallest absolute Gasteiger partial charge is 0.255 e. The fourth-order valence-electron chi connectivity index (χ4n) is 2.49. The number of likely N-dealkylation sites (tertiary alicyclic amines) is 1. The predicted molar refractivity (Wildman–Crippen MR) is 76.2 cm³/mol. The van der Waals surface area contributed by atoms with Crippen LogP contribution < -0.4 is 5.32 Å². The normalized spacial score (nSPS) is 16.6. The number of carbonyl (C=O) groups is 1. The number of amides is 1. The second-order valence-corrected chi connectivity index (χ2v) is 5.27. The molecule has 0 radical (unpaired) electrons. The van der Waals surface area contributed by atoms with Gasteiger partial charge in [0.25, 0.3) is 5.91 Å². The summed E-state index contributed by atoms with van der Waals surface area (Å²) in [6.45, 7) is 6.89. The van der Waals surface area contributed by atoms with Gasteiger partial charge in [0.15, 0.2) is 0 Å². The van der Waals surface area contributed by atoms with Crippen LogP contribution in [0.25, 0.3) is 0 Å². The van der Waals surface area contributed by atoms with Gasteiger partial charge in [0.1, 0.15) is 0 Å². The first-order valence-electron chi connectivity index (χ1n) is 7.15. The third kappa shape index (κ3) is 3.77. The van der Waals surface area contributed by atoms with Crippen molar-refractivity contribution in [3.05, 3.63) is 29.6 Å². The van der Waals surface area contributed by atoms with Crippen LogP contribution >= 0.6 is 0 Å². The minimum absolute atomic E-state index is 0.116. The van der Waals surface area contributed by atoms with Gasteiger partial charge < -0.3 is 10.2 Å². The summed E-state index contributed by atoms with van der Waals surface area (Å²) < 4.78 is 0. The van der Waals surface area contributed by atoms with Gasteiger partial charge in [0.2, 0.25) is 0 Å². The summed E-state index contributed by atoms with van der Waals surface area (Å²) in [5.41, 5.74) is 1.74. The first-order valence-corrected chi connectivity index (χ1v) is 7.15. The minimum atomic E-state index is 0.116. The number of piperidine rings is 1. The molecule has 1 N–H and O–H groups in total. The van der Waals surface area contributed by atoms with Crippen LogP contribution in [0.5, 0.6) is 0 Å². The quantitative estimate of drug-likeness (QED) is 0.901. The van der Waals surface area contributed by atoms with E-state index in [1.807, 2.05) is 17.9 Å². The molecule has 1 saturated heterocycles. The van der Waals surface area contributed by atoms with Gasteiger partial charge in [-0.1, -0.05) is 6.92 Å². The van der Waals surface area contributed by atoms with Crippen molar-refractivity contribution in [3.63, 3.8) is 0 Å². The molecule has 0 unspecified atom stereocenters. The SMILES string of the molecule is CCCNC1CCN(C(=O)c2cncc(C)c2)CC1. The Bertz CT molecular complexity index is 425. The van der Waals surface area contributed by atoms with Crippen LogP contribution in [0.4, 0.5) is 0 Å². The Kier molecular flexibility index (Phi) is 4.91. The van der Waals surface area contributed by atoms with Gasteiger partial charge >= 0.3 is 0 Å². The Balaban J connectivity index is 1.89. The highest BCUT2D eigenvalue weighted by molar-refractivity contribution is 5.94. The number of aromatic nitrogens is 1. The van der Waals surface area contributed by atoms with Crippen molar-refractivity contribution in [2.45, 2.75) is 39.2 Å². The van der Waals surface area contributed by atoms with Crippen molar-refractivity contribution in [3.8, 4) is 0 Å². The van der Waals surface area contributed by atoms with Gasteiger partial charge in [-0.05, 0) is 44.4 Å². The Hall–Kier alpha value is -1.42. The van der Waals surface area contributed by atoms with Gasteiger partial charge in [-0.2, -0.15) is 0 Å². The average Bonchev–Trinajstić information content (AvgIpc) is 2.45. The number of aryl methyl sites for hydroxylation is 1. The third-order valence-corrected chi connectivity index (χ3v) is 3.59. The summed E-state index contributed by atoms with van der Waals surface area (Å²) in [5, 5.41) is 3.53. The molecule has 104 valence electrons. The van der Waals surface area contributed by atoms with Crippen molar-refractivity contribution in [1.29, 1.82) is 0 Å². The molecule has 1 amide bonds. The fraction of sp³-hybridized carbons (Fsp3) is 0.600. The summed E-state index contributed by atoms with van der Waals surface area (Å²) in [5.74, 6) is 0.116. The second-order valence-electron chi connectivity index (χ2n) is 5.27. The molecule has 19 heavy (non-hydrogen) atoms. The van der Waals surface area contributed by atoms with Gasteiger partial charge in [-0.25, -0.2) is 0 Å². The number of carbonyl (C=O) groups excluding carboxylic acids is 1. The Morgan fingerprint density at radius 3 is 2.79 bits per heavy atom. The molecule has 1 aliphatic rings. The van der Waals surface area contributed by atoms with Crippen molar-refractivity contribution in [2.75, 3.05) is 19.6 Å². The van der Waals surface area contributed by atoms with E-state index in [0.717, 1.165) is 44.5 Å². The van der Waals surface area contributed by atoms with E-state index in [1.165, 1.54) is 0 Å². The molecule has 2 rings (SSSR count). The molecule has 4 nitrogen and oxygen atoms in total. The second kappa shape index (κ2) is 6.66. The number of nitrogens with one attached hydrogen (secondary N) is 1. The van der Waals surface area contributed by atoms with E-state index in [2.05, 4.69) is 17.2 Å². The molecular weight excluding hydrogens is 238 g/mol. The maximum Gasteiger partial charge on any atom is 0.255 e. The lowest BCUT2D eigenvalue weighted by Gasteiger charge is -2.32. The first kappa shape index (κ1) is 14.0. The summed E-state index contributed by atoms with van der Waals surface area (Å²) in [4.78, 5) is 18.4. The van der Waals surface area contributed by atoms with E-state index in [4.69, 9.17) is 0 Å². The highest BCUT2D eigenvalue weighted by Crippen LogP contribution is 2.14. The van der Waals surface area contributed by atoms with Gasteiger partial charge in [-0.15, -0.1) is 0 Å². The highest BCUT2D eigenvalue weighted by atomic mass is 16.2. The molecule has 1 aromatic rings.